The van der Waals surface area contributed by atoms with Gasteiger partial charge in [0.2, 0.25) is 0 Å². The highest BCUT2D eigenvalue weighted by molar-refractivity contribution is 6.32. The summed E-state index contributed by atoms with van der Waals surface area (Å²) >= 11 is 6.04. The first-order valence-electron chi connectivity index (χ1n) is 5.56. The van der Waals surface area contributed by atoms with Crippen molar-refractivity contribution in [2.24, 2.45) is 0 Å². The van der Waals surface area contributed by atoms with Crippen LogP contribution in [0.25, 0.3) is 0 Å². The Hall–Kier alpha value is -1.81. The van der Waals surface area contributed by atoms with Crippen molar-refractivity contribution in [3.05, 3.63) is 46.9 Å². The minimum atomic E-state index is 0.347. The standard InChI is InChI=1S/C13H14ClN3O/c1-9-3-4-11(14)12(5-9)18-8-10-6-17-13(15-2)7-16-10/h3-7H,8H2,1-2H3,(H,15,17). The molecule has 1 aromatic heterocycles. The molecular weight excluding hydrogens is 250 g/mol. The molecule has 0 spiro atoms. The Morgan fingerprint density at radius 1 is 1.28 bits per heavy atom. The van der Waals surface area contributed by atoms with Gasteiger partial charge in [-0.25, -0.2) is 4.98 Å². The lowest BCUT2D eigenvalue weighted by atomic mass is 10.2. The van der Waals surface area contributed by atoms with Crippen LogP contribution in [0.2, 0.25) is 5.02 Å². The van der Waals surface area contributed by atoms with E-state index in [1.54, 1.807) is 19.4 Å². The van der Waals surface area contributed by atoms with Crippen LogP contribution in [0, 0.1) is 6.92 Å². The monoisotopic (exact) mass is 263 g/mol. The van der Waals surface area contributed by atoms with Crippen molar-refractivity contribution in [2.75, 3.05) is 12.4 Å². The molecule has 1 N–H and O–H groups in total. The van der Waals surface area contributed by atoms with Gasteiger partial charge in [0.1, 0.15) is 18.2 Å². The lowest BCUT2D eigenvalue weighted by Gasteiger charge is -2.08. The molecular formula is C13H14ClN3O. The summed E-state index contributed by atoms with van der Waals surface area (Å²) in [5.74, 6) is 1.39. The first-order valence-corrected chi connectivity index (χ1v) is 5.94. The lowest BCUT2D eigenvalue weighted by Crippen LogP contribution is -2.01. The van der Waals surface area contributed by atoms with E-state index in [4.69, 9.17) is 16.3 Å². The van der Waals surface area contributed by atoms with Crippen LogP contribution in [-0.2, 0) is 6.61 Å². The molecule has 5 heteroatoms. The topological polar surface area (TPSA) is 47.0 Å². The van der Waals surface area contributed by atoms with E-state index in [9.17, 15) is 0 Å². The highest BCUT2D eigenvalue weighted by Crippen LogP contribution is 2.25. The highest BCUT2D eigenvalue weighted by atomic mass is 35.5. The third-order valence-corrected chi connectivity index (χ3v) is 2.74. The molecule has 0 radical (unpaired) electrons. The summed E-state index contributed by atoms with van der Waals surface area (Å²) in [6, 6.07) is 5.66. The molecule has 4 nitrogen and oxygen atoms in total. The average molecular weight is 264 g/mol. The van der Waals surface area contributed by atoms with Gasteiger partial charge >= 0.3 is 0 Å². The van der Waals surface area contributed by atoms with Crippen molar-refractivity contribution in [3.8, 4) is 5.75 Å². The van der Waals surface area contributed by atoms with Crippen LogP contribution in [0.5, 0.6) is 5.75 Å². The van der Waals surface area contributed by atoms with E-state index in [0.29, 0.717) is 17.4 Å². The Kier molecular flexibility index (Phi) is 3.99. The molecule has 0 aliphatic heterocycles. The summed E-state index contributed by atoms with van der Waals surface area (Å²) in [5, 5.41) is 3.51. The Morgan fingerprint density at radius 2 is 2.11 bits per heavy atom. The van der Waals surface area contributed by atoms with Crippen LogP contribution in [0.15, 0.2) is 30.6 Å². The number of rotatable bonds is 4. The molecule has 0 saturated carbocycles. The van der Waals surface area contributed by atoms with Crippen molar-refractivity contribution in [1.29, 1.82) is 0 Å². The smallest absolute Gasteiger partial charge is 0.144 e. The molecule has 0 saturated heterocycles. The van der Waals surface area contributed by atoms with Gasteiger partial charge in [0.05, 0.1) is 23.1 Å². The van der Waals surface area contributed by atoms with E-state index in [0.717, 1.165) is 17.1 Å². The van der Waals surface area contributed by atoms with Gasteiger partial charge in [-0.15, -0.1) is 0 Å². The number of anilines is 1. The second kappa shape index (κ2) is 5.69. The van der Waals surface area contributed by atoms with Gasteiger partial charge in [-0.2, -0.15) is 0 Å². The van der Waals surface area contributed by atoms with Crippen molar-refractivity contribution in [3.63, 3.8) is 0 Å². The van der Waals surface area contributed by atoms with Crippen LogP contribution in [0.3, 0.4) is 0 Å². The van der Waals surface area contributed by atoms with Gasteiger partial charge in [0.15, 0.2) is 0 Å². The summed E-state index contributed by atoms with van der Waals surface area (Å²) in [4.78, 5) is 8.39. The number of aromatic nitrogens is 2. The number of benzene rings is 1. The van der Waals surface area contributed by atoms with E-state index < -0.39 is 0 Å². The molecule has 0 amide bonds. The van der Waals surface area contributed by atoms with E-state index in [-0.39, 0.29) is 0 Å². The number of nitrogens with zero attached hydrogens (tertiary/aromatic N) is 2. The van der Waals surface area contributed by atoms with Crippen LogP contribution in [0.1, 0.15) is 11.3 Å². The van der Waals surface area contributed by atoms with Gasteiger partial charge < -0.3 is 10.1 Å². The van der Waals surface area contributed by atoms with Gasteiger partial charge in [-0.3, -0.25) is 4.98 Å². The third kappa shape index (κ3) is 3.11. The minimum absolute atomic E-state index is 0.347. The molecule has 0 unspecified atom stereocenters. The normalized spacial score (nSPS) is 10.2. The average Bonchev–Trinajstić information content (AvgIpc) is 2.40. The summed E-state index contributed by atoms with van der Waals surface area (Å²) in [5.41, 5.74) is 1.86. The quantitative estimate of drug-likeness (QED) is 0.921. The molecule has 1 heterocycles. The number of hydrogen-bond acceptors (Lipinski definition) is 4. The molecule has 18 heavy (non-hydrogen) atoms. The fraction of sp³-hybridized carbons (Fsp3) is 0.231. The maximum atomic E-state index is 6.04. The largest absolute Gasteiger partial charge is 0.486 e. The second-order valence-corrected chi connectivity index (χ2v) is 4.27. The predicted molar refractivity (Wildman–Crippen MR) is 72.1 cm³/mol. The Balaban J connectivity index is 2.04. The maximum absolute atomic E-state index is 6.04. The zero-order chi connectivity index (χ0) is 13.0. The van der Waals surface area contributed by atoms with Crippen molar-refractivity contribution in [2.45, 2.75) is 13.5 Å². The molecule has 94 valence electrons. The SMILES string of the molecule is CNc1cnc(COc2cc(C)ccc2Cl)cn1. The Morgan fingerprint density at radius 3 is 2.78 bits per heavy atom. The summed E-state index contributed by atoms with van der Waals surface area (Å²) < 4.78 is 5.62. The number of halogens is 1. The Labute approximate surface area is 111 Å². The van der Waals surface area contributed by atoms with Crippen LogP contribution < -0.4 is 10.1 Å². The fourth-order valence-electron chi connectivity index (χ4n) is 1.43. The van der Waals surface area contributed by atoms with Gasteiger partial charge in [-0.05, 0) is 24.6 Å². The van der Waals surface area contributed by atoms with Crippen molar-refractivity contribution < 1.29 is 4.74 Å². The fourth-order valence-corrected chi connectivity index (χ4v) is 1.60. The van der Waals surface area contributed by atoms with Gasteiger partial charge in [0, 0.05) is 7.05 Å². The number of aryl methyl sites for hydroxylation is 1. The third-order valence-electron chi connectivity index (χ3n) is 2.42. The maximum Gasteiger partial charge on any atom is 0.144 e. The summed E-state index contributed by atoms with van der Waals surface area (Å²) in [6.45, 7) is 2.34. The minimum Gasteiger partial charge on any atom is -0.486 e. The van der Waals surface area contributed by atoms with Gasteiger partial charge in [-0.1, -0.05) is 17.7 Å². The highest BCUT2D eigenvalue weighted by Gasteiger charge is 2.03. The second-order valence-electron chi connectivity index (χ2n) is 3.87. The molecule has 0 aliphatic carbocycles. The molecule has 0 fully saturated rings. The van der Waals surface area contributed by atoms with E-state index >= 15 is 0 Å². The number of nitrogens with one attached hydrogen (secondary N) is 1. The molecule has 0 atom stereocenters. The van der Waals surface area contributed by atoms with Crippen LogP contribution in [0.4, 0.5) is 5.82 Å². The van der Waals surface area contributed by atoms with Gasteiger partial charge in [0.25, 0.3) is 0 Å². The van der Waals surface area contributed by atoms with Crippen molar-refractivity contribution >= 4 is 17.4 Å². The summed E-state index contributed by atoms with van der Waals surface area (Å²) in [6.07, 6.45) is 3.34. The van der Waals surface area contributed by atoms with E-state index in [2.05, 4.69) is 15.3 Å². The molecule has 0 aliphatic rings. The molecule has 0 bridgehead atoms. The summed E-state index contributed by atoms with van der Waals surface area (Å²) in [7, 11) is 1.80. The zero-order valence-corrected chi connectivity index (χ0v) is 11.0. The number of hydrogen-bond donors (Lipinski definition) is 1. The van der Waals surface area contributed by atoms with E-state index in [1.807, 2.05) is 25.1 Å². The zero-order valence-electron chi connectivity index (χ0n) is 10.3. The molecule has 1 aromatic carbocycles. The van der Waals surface area contributed by atoms with E-state index in [1.165, 1.54) is 0 Å². The number of ether oxygens (including phenoxy) is 1. The lowest BCUT2D eigenvalue weighted by molar-refractivity contribution is 0.301. The molecule has 2 aromatic rings. The predicted octanol–water partition coefficient (Wildman–Crippen LogP) is 3.06. The van der Waals surface area contributed by atoms with Crippen LogP contribution >= 0.6 is 11.6 Å². The first-order chi connectivity index (χ1) is 8.69. The van der Waals surface area contributed by atoms with Crippen molar-refractivity contribution in [1.82, 2.24) is 9.97 Å². The first kappa shape index (κ1) is 12.6. The molecule has 2 rings (SSSR count). The Bertz CT molecular complexity index is 528. The van der Waals surface area contributed by atoms with Crippen LogP contribution in [-0.4, -0.2) is 17.0 Å².